The van der Waals surface area contributed by atoms with Crippen LogP contribution in [0.25, 0.3) is 0 Å². The van der Waals surface area contributed by atoms with Gasteiger partial charge in [-0.15, -0.1) is 0 Å². The summed E-state index contributed by atoms with van der Waals surface area (Å²) in [6, 6.07) is 2.39. The third kappa shape index (κ3) is 2.41. The van der Waals surface area contributed by atoms with Gasteiger partial charge in [-0.1, -0.05) is 0 Å². The molecule has 0 aromatic carbocycles. The second-order valence-electron chi connectivity index (χ2n) is 5.18. The summed E-state index contributed by atoms with van der Waals surface area (Å²) in [5.41, 5.74) is 0.971. The molecule has 2 fully saturated rings. The van der Waals surface area contributed by atoms with Crippen molar-refractivity contribution in [3.8, 4) is 0 Å². The summed E-state index contributed by atoms with van der Waals surface area (Å²) < 4.78 is 5.83. The minimum absolute atomic E-state index is 0.373. The van der Waals surface area contributed by atoms with E-state index in [-0.39, 0.29) is 0 Å². The molecule has 5 heteroatoms. The lowest BCUT2D eigenvalue weighted by Crippen LogP contribution is -2.31. The first-order chi connectivity index (χ1) is 8.76. The summed E-state index contributed by atoms with van der Waals surface area (Å²) in [6.07, 6.45) is 4.07. The van der Waals surface area contributed by atoms with E-state index in [4.69, 9.17) is 4.74 Å². The standard InChI is InChI=1S/C13H20N4O/c1-8-7-11(17-13(14-2)15-8)16-10-5-6-18-12(10)9-3-4-9/h7,9-10,12H,3-6H2,1-2H3,(H2,14,15,16,17). The van der Waals surface area contributed by atoms with E-state index < -0.39 is 0 Å². The van der Waals surface area contributed by atoms with E-state index in [0.29, 0.717) is 18.1 Å². The molecule has 0 amide bonds. The van der Waals surface area contributed by atoms with Crippen molar-refractivity contribution >= 4 is 11.8 Å². The number of anilines is 2. The van der Waals surface area contributed by atoms with Gasteiger partial charge < -0.3 is 15.4 Å². The number of rotatable bonds is 4. The Balaban J connectivity index is 1.73. The van der Waals surface area contributed by atoms with Gasteiger partial charge in [0.15, 0.2) is 0 Å². The van der Waals surface area contributed by atoms with Crippen LogP contribution in [0.5, 0.6) is 0 Å². The average molecular weight is 248 g/mol. The fourth-order valence-corrected chi connectivity index (χ4v) is 2.60. The Morgan fingerprint density at radius 1 is 1.28 bits per heavy atom. The van der Waals surface area contributed by atoms with Gasteiger partial charge in [0.05, 0.1) is 12.1 Å². The van der Waals surface area contributed by atoms with E-state index >= 15 is 0 Å². The molecule has 1 saturated heterocycles. The fourth-order valence-electron chi connectivity index (χ4n) is 2.60. The number of aromatic nitrogens is 2. The van der Waals surface area contributed by atoms with Crippen LogP contribution in [0.1, 0.15) is 25.0 Å². The summed E-state index contributed by atoms with van der Waals surface area (Å²) in [6.45, 7) is 2.85. The normalized spacial score (nSPS) is 27.2. The molecule has 1 aromatic rings. The topological polar surface area (TPSA) is 59.1 Å². The van der Waals surface area contributed by atoms with Gasteiger partial charge in [0, 0.05) is 25.4 Å². The van der Waals surface area contributed by atoms with Crippen molar-refractivity contribution in [2.75, 3.05) is 24.3 Å². The summed E-state index contributed by atoms with van der Waals surface area (Å²) >= 11 is 0. The van der Waals surface area contributed by atoms with E-state index in [9.17, 15) is 0 Å². The van der Waals surface area contributed by atoms with Crippen molar-refractivity contribution < 1.29 is 4.74 Å². The Morgan fingerprint density at radius 2 is 2.11 bits per heavy atom. The smallest absolute Gasteiger partial charge is 0.224 e. The molecule has 2 N–H and O–H groups in total. The van der Waals surface area contributed by atoms with Gasteiger partial charge in [-0.2, -0.15) is 4.98 Å². The monoisotopic (exact) mass is 248 g/mol. The second kappa shape index (κ2) is 4.72. The summed E-state index contributed by atoms with van der Waals surface area (Å²) in [5, 5.41) is 6.50. The number of nitrogens with zero attached hydrogens (tertiary/aromatic N) is 2. The molecule has 3 rings (SSSR count). The molecular formula is C13H20N4O. The zero-order valence-electron chi connectivity index (χ0n) is 10.9. The molecule has 1 saturated carbocycles. The quantitative estimate of drug-likeness (QED) is 0.851. The molecule has 1 aliphatic heterocycles. The third-order valence-corrected chi connectivity index (χ3v) is 3.63. The van der Waals surface area contributed by atoms with Gasteiger partial charge in [0.2, 0.25) is 5.95 Å². The predicted molar refractivity (Wildman–Crippen MR) is 70.8 cm³/mol. The van der Waals surface area contributed by atoms with Crippen LogP contribution in [0.4, 0.5) is 11.8 Å². The molecule has 0 radical (unpaired) electrons. The molecule has 2 atom stereocenters. The van der Waals surface area contributed by atoms with Crippen molar-refractivity contribution in [1.82, 2.24) is 9.97 Å². The lowest BCUT2D eigenvalue weighted by Gasteiger charge is -2.20. The zero-order chi connectivity index (χ0) is 12.5. The summed E-state index contributed by atoms with van der Waals surface area (Å²) in [4.78, 5) is 8.74. The number of nitrogens with one attached hydrogen (secondary N) is 2. The summed E-state index contributed by atoms with van der Waals surface area (Å²) in [7, 11) is 1.84. The highest BCUT2D eigenvalue weighted by molar-refractivity contribution is 5.43. The highest BCUT2D eigenvalue weighted by atomic mass is 16.5. The Kier molecular flexibility index (Phi) is 3.07. The first-order valence-electron chi connectivity index (χ1n) is 6.68. The maximum atomic E-state index is 5.83. The van der Waals surface area contributed by atoms with Crippen LogP contribution >= 0.6 is 0 Å². The molecule has 1 aromatic heterocycles. The lowest BCUT2D eigenvalue weighted by molar-refractivity contribution is 0.0898. The van der Waals surface area contributed by atoms with Crippen molar-refractivity contribution in [2.45, 2.75) is 38.3 Å². The van der Waals surface area contributed by atoms with Crippen LogP contribution < -0.4 is 10.6 Å². The van der Waals surface area contributed by atoms with Crippen molar-refractivity contribution in [2.24, 2.45) is 5.92 Å². The van der Waals surface area contributed by atoms with E-state index in [2.05, 4.69) is 20.6 Å². The molecule has 98 valence electrons. The first kappa shape index (κ1) is 11.7. The molecule has 2 aliphatic rings. The maximum absolute atomic E-state index is 5.83. The molecule has 2 unspecified atom stereocenters. The third-order valence-electron chi connectivity index (χ3n) is 3.63. The van der Waals surface area contributed by atoms with Crippen LogP contribution in [0.15, 0.2) is 6.07 Å². The highest BCUT2D eigenvalue weighted by Crippen LogP contribution is 2.39. The lowest BCUT2D eigenvalue weighted by atomic mass is 10.1. The van der Waals surface area contributed by atoms with Crippen molar-refractivity contribution in [3.05, 3.63) is 11.8 Å². The van der Waals surface area contributed by atoms with Gasteiger partial charge in [-0.3, -0.25) is 0 Å². The molecule has 5 nitrogen and oxygen atoms in total. The van der Waals surface area contributed by atoms with Crippen LogP contribution in [0.3, 0.4) is 0 Å². The summed E-state index contributed by atoms with van der Waals surface area (Å²) in [5.74, 6) is 2.32. The predicted octanol–water partition coefficient (Wildman–Crippen LogP) is 1.81. The number of hydrogen-bond donors (Lipinski definition) is 2. The van der Waals surface area contributed by atoms with Crippen LogP contribution in [0, 0.1) is 12.8 Å². The zero-order valence-corrected chi connectivity index (χ0v) is 10.9. The number of hydrogen-bond acceptors (Lipinski definition) is 5. The Bertz CT molecular complexity index is 433. The first-order valence-corrected chi connectivity index (χ1v) is 6.68. The van der Waals surface area contributed by atoms with Gasteiger partial charge in [-0.05, 0) is 32.1 Å². The number of ether oxygens (including phenoxy) is 1. The highest BCUT2D eigenvalue weighted by Gasteiger charge is 2.40. The molecule has 0 spiro atoms. The van der Waals surface area contributed by atoms with Gasteiger partial charge in [-0.25, -0.2) is 4.98 Å². The van der Waals surface area contributed by atoms with Gasteiger partial charge in [0.25, 0.3) is 0 Å². The molecular weight excluding hydrogens is 228 g/mol. The second-order valence-corrected chi connectivity index (χ2v) is 5.18. The molecule has 0 bridgehead atoms. The van der Waals surface area contributed by atoms with Gasteiger partial charge >= 0.3 is 0 Å². The fraction of sp³-hybridized carbons (Fsp3) is 0.692. The van der Waals surface area contributed by atoms with Crippen molar-refractivity contribution in [3.63, 3.8) is 0 Å². The largest absolute Gasteiger partial charge is 0.376 e. The van der Waals surface area contributed by atoms with Crippen LogP contribution in [-0.4, -0.2) is 35.8 Å². The van der Waals surface area contributed by atoms with Gasteiger partial charge in [0.1, 0.15) is 5.82 Å². The Hall–Kier alpha value is -1.36. The minimum Gasteiger partial charge on any atom is -0.376 e. The number of aryl methyl sites for hydroxylation is 1. The van der Waals surface area contributed by atoms with Crippen molar-refractivity contribution in [1.29, 1.82) is 0 Å². The van der Waals surface area contributed by atoms with Crippen LogP contribution in [-0.2, 0) is 4.74 Å². The van der Waals surface area contributed by atoms with Crippen LogP contribution in [0.2, 0.25) is 0 Å². The molecule has 1 aliphatic carbocycles. The average Bonchev–Trinajstić information content (AvgIpc) is 3.10. The molecule has 18 heavy (non-hydrogen) atoms. The molecule has 2 heterocycles. The van der Waals surface area contributed by atoms with E-state index in [0.717, 1.165) is 30.5 Å². The SMILES string of the molecule is CNc1nc(C)cc(NC2CCOC2C2CC2)n1. The van der Waals surface area contributed by atoms with E-state index in [1.54, 1.807) is 0 Å². The van der Waals surface area contributed by atoms with E-state index in [1.807, 2.05) is 20.0 Å². The minimum atomic E-state index is 0.373. The maximum Gasteiger partial charge on any atom is 0.224 e. The Labute approximate surface area is 107 Å². The Morgan fingerprint density at radius 3 is 2.83 bits per heavy atom. The van der Waals surface area contributed by atoms with E-state index in [1.165, 1.54) is 12.8 Å².